The van der Waals surface area contributed by atoms with E-state index in [-0.39, 0.29) is 17.3 Å². The van der Waals surface area contributed by atoms with Gasteiger partial charge in [0.15, 0.2) is 0 Å². The lowest BCUT2D eigenvalue weighted by Crippen LogP contribution is -2.29. The number of nitro groups is 2. The van der Waals surface area contributed by atoms with Gasteiger partial charge in [-0.15, -0.1) is 0 Å². The van der Waals surface area contributed by atoms with Crippen molar-refractivity contribution >= 4 is 23.0 Å². The number of non-ortho nitro benzene ring substituents is 1. The second-order valence-electron chi connectivity index (χ2n) is 3.99. The average Bonchev–Trinajstić information content (AvgIpc) is 2.42. The third-order valence-electron chi connectivity index (χ3n) is 2.48. The van der Waals surface area contributed by atoms with Gasteiger partial charge in [0.1, 0.15) is 5.69 Å². The molecule has 0 saturated carbocycles. The van der Waals surface area contributed by atoms with E-state index in [4.69, 9.17) is 0 Å². The fourth-order valence-electron chi connectivity index (χ4n) is 1.43. The van der Waals surface area contributed by atoms with Crippen LogP contribution in [-0.4, -0.2) is 15.8 Å². The molecule has 0 spiro atoms. The maximum Gasteiger partial charge on any atom is 0.300 e. The van der Waals surface area contributed by atoms with Crippen molar-refractivity contribution in [3.63, 3.8) is 0 Å². The third kappa shape index (κ3) is 4.19. The van der Waals surface area contributed by atoms with E-state index in [0.29, 0.717) is 12.8 Å². The first kappa shape index (κ1) is 15.3. The predicted octanol–water partition coefficient (Wildman–Crippen LogP) is 2.14. The number of hydrogen-bond donors (Lipinski definition) is 2. The van der Waals surface area contributed by atoms with Crippen LogP contribution in [0.25, 0.3) is 0 Å². The lowest BCUT2D eigenvalue weighted by atomic mass is 10.2. The minimum absolute atomic E-state index is 0.00884. The predicted molar refractivity (Wildman–Crippen MR) is 71.0 cm³/mol. The monoisotopic (exact) mass is 282 g/mol. The Labute approximate surface area is 114 Å². The van der Waals surface area contributed by atoms with Gasteiger partial charge in [0.2, 0.25) is 5.91 Å². The van der Waals surface area contributed by atoms with Crippen LogP contribution in [0.3, 0.4) is 0 Å². The lowest BCUT2D eigenvalue weighted by molar-refractivity contribution is -0.393. The van der Waals surface area contributed by atoms with Gasteiger partial charge < -0.3 is 0 Å². The van der Waals surface area contributed by atoms with Gasteiger partial charge in [-0.05, 0) is 12.5 Å². The molecule has 0 bridgehead atoms. The van der Waals surface area contributed by atoms with Gasteiger partial charge in [0.05, 0.1) is 15.9 Å². The van der Waals surface area contributed by atoms with Crippen molar-refractivity contribution in [1.29, 1.82) is 0 Å². The Morgan fingerprint density at radius 2 is 1.95 bits per heavy atom. The maximum atomic E-state index is 11.4. The summed E-state index contributed by atoms with van der Waals surface area (Å²) in [5, 5.41) is 21.4. The second kappa shape index (κ2) is 7.02. The van der Waals surface area contributed by atoms with Crippen LogP contribution < -0.4 is 10.9 Å². The van der Waals surface area contributed by atoms with Gasteiger partial charge in [0, 0.05) is 12.5 Å². The summed E-state index contributed by atoms with van der Waals surface area (Å²) in [5.74, 6) is -0.306. The van der Waals surface area contributed by atoms with E-state index in [1.807, 2.05) is 6.92 Å². The van der Waals surface area contributed by atoms with Gasteiger partial charge >= 0.3 is 5.69 Å². The number of unbranched alkanes of at least 4 members (excludes halogenated alkanes) is 1. The molecule has 0 aliphatic heterocycles. The standard InChI is InChI=1S/C11H14N4O5/c1-2-3-4-11(16)13-12-9-6-5-8(14(17)18)7-10(9)15(19)20/h5-7,12H,2-4H2,1H3,(H,13,16). The number of nitrogens with zero attached hydrogens (tertiary/aromatic N) is 2. The summed E-state index contributed by atoms with van der Waals surface area (Å²) in [7, 11) is 0. The van der Waals surface area contributed by atoms with Crippen molar-refractivity contribution in [2.75, 3.05) is 5.43 Å². The molecule has 0 unspecified atom stereocenters. The highest BCUT2D eigenvalue weighted by Crippen LogP contribution is 2.28. The van der Waals surface area contributed by atoms with E-state index >= 15 is 0 Å². The van der Waals surface area contributed by atoms with Crippen molar-refractivity contribution in [2.24, 2.45) is 0 Å². The number of hydrazine groups is 1. The molecule has 0 aromatic heterocycles. The SMILES string of the molecule is CCCCC(=O)NNc1ccc([N+](=O)[O-])cc1[N+](=O)[O-]. The van der Waals surface area contributed by atoms with Crippen molar-refractivity contribution in [3.8, 4) is 0 Å². The van der Waals surface area contributed by atoms with Crippen LogP contribution in [0.5, 0.6) is 0 Å². The summed E-state index contributed by atoms with van der Waals surface area (Å²) < 4.78 is 0. The van der Waals surface area contributed by atoms with Crippen LogP contribution in [0.1, 0.15) is 26.2 Å². The molecule has 0 fully saturated rings. The zero-order chi connectivity index (χ0) is 15.1. The van der Waals surface area contributed by atoms with E-state index in [2.05, 4.69) is 10.9 Å². The molecule has 9 heteroatoms. The zero-order valence-corrected chi connectivity index (χ0v) is 10.8. The average molecular weight is 282 g/mol. The number of rotatable bonds is 7. The van der Waals surface area contributed by atoms with Gasteiger partial charge in [-0.3, -0.25) is 35.9 Å². The van der Waals surface area contributed by atoms with Gasteiger partial charge in [0.25, 0.3) is 5.69 Å². The molecule has 108 valence electrons. The Kier molecular flexibility index (Phi) is 5.39. The van der Waals surface area contributed by atoms with Crippen LogP contribution in [0.4, 0.5) is 17.1 Å². The molecule has 1 amide bonds. The zero-order valence-electron chi connectivity index (χ0n) is 10.8. The first-order valence-electron chi connectivity index (χ1n) is 5.93. The summed E-state index contributed by atoms with van der Waals surface area (Å²) in [5.41, 5.74) is 3.85. The Bertz CT molecular complexity index is 532. The van der Waals surface area contributed by atoms with E-state index in [0.717, 1.165) is 18.6 Å². The number of anilines is 1. The summed E-state index contributed by atoms with van der Waals surface area (Å²) in [6.07, 6.45) is 1.85. The quantitative estimate of drug-likeness (QED) is 0.582. The van der Waals surface area contributed by atoms with Crippen molar-refractivity contribution in [1.82, 2.24) is 5.43 Å². The molecule has 2 N–H and O–H groups in total. The fourth-order valence-corrected chi connectivity index (χ4v) is 1.43. The Balaban J connectivity index is 2.81. The first-order chi connectivity index (χ1) is 9.45. The van der Waals surface area contributed by atoms with E-state index < -0.39 is 15.5 Å². The summed E-state index contributed by atoms with van der Waals surface area (Å²) in [4.78, 5) is 31.3. The highest BCUT2D eigenvalue weighted by molar-refractivity contribution is 5.78. The van der Waals surface area contributed by atoms with Gasteiger partial charge in [-0.25, -0.2) is 0 Å². The minimum atomic E-state index is -0.756. The van der Waals surface area contributed by atoms with Gasteiger partial charge in [-0.2, -0.15) is 0 Å². The number of nitro benzene ring substituents is 2. The van der Waals surface area contributed by atoms with Crippen LogP contribution >= 0.6 is 0 Å². The van der Waals surface area contributed by atoms with Crippen molar-refractivity contribution < 1.29 is 14.6 Å². The summed E-state index contributed by atoms with van der Waals surface area (Å²) in [6.45, 7) is 1.93. The molecular weight excluding hydrogens is 268 g/mol. The molecule has 1 aromatic rings. The molecule has 9 nitrogen and oxygen atoms in total. The van der Waals surface area contributed by atoms with E-state index in [1.165, 1.54) is 6.07 Å². The normalized spacial score (nSPS) is 9.85. The van der Waals surface area contributed by atoms with Crippen LogP contribution in [0.2, 0.25) is 0 Å². The number of carbonyl (C=O) groups is 1. The Morgan fingerprint density at radius 3 is 2.50 bits per heavy atom. The highest BCUT2D eigenvalue weighted by Gasteiger charge is 2.19. The minimum Gasteiger partial charge on any atom is -0.292 e. The molecule has 0 aliphatic carbocycles. The number of hydrogen-bond acceptors (Lipinski definition) is 6. The van der Waals surface area contributed by atoms with Crippen LogP contribution in [-0.2, 0) is 4.79 Å². The topological polar surface area (TPSA) is 127 Å². The number of amides is 1. The number of benzene rings is 1. The molecule has 0 aliphatic rings. The molecule has 1 aromatic carbocycles. The molecule has 1 rings (SSSR count). The first-order valence-corrected chi connectivity index (χ1v) is 5.93. The van der Waals surface area contributed by atoms with Gasteiger partial charge in [-0.1, -0.05) is 13.3 Å². The molecule has 0 atom stereocenters. The maximum absolute atomic E-state index is 11.4. The summed E-state index contributed by atoms with van der Waals surface area (Å²) >= 11 is 0. The molecule has 0 heterocycles. The highest BCUT2D eigenvalue weighted by atomic mass is 16.6. The van der Waals surface area contributed by atoms with E-state index in [1.54, 1.807) is 0 Å². The second-order valence-corrected chi connectivity index (χ2v) is 3.99. The van der Waals surface area contributed by atoms with Crippen molar-refractivity contribution in [3.05, 3.63) is 38.4 Å². The van der Waals surface area contributed by atoms with E-state index in [9.17, 15) is 25.0 Å². The Morgan fingerprint density at radius 1 is 1.25 bits per heavy atom. The molecule has 0 saturated heterocycles. The molecule has 0 radical (unpaired) electrons. The number of nitrogens with one attached hydrogen (secondary N) is 2. The van der Waals surface area contributed by atoms with Crippen LogP contribution in [0.15, 0.2) is 18.2 Å². The van der Waals surface area contributed by atoms with Crippen LogP contribution in [0, 0.1) is 20.2 Å². The Hall–Kier alpha value is -2.71. The number of carbonyl (C=O) groups excluding carboxylic acids is 1. The van der Waals surface area contributed by atoms with Crippen molar-refractivity contribution in [2.45, 2.75) is 26.2 Å². The fraction of sp³-hybridized carbons (Fsp3) is 0.364. The smallest absolute Gasteiger partial charge is 0.292 e. The molecular formula is C11H14N4O5. The largest absolute Gasteiger partial charge is 0.300 e. The molecule has 20 heavy (non-hydrogen) atoms. The third-order valence-corrected chi connectivity index (χ3v) is 2.48. The lowest BCUT2D eigenvalue weighted by Gasteiger charge is -2.08. The summed E-state index contributed by atoms with van der Waals surface area (Å²) in [6, 6.07) is 3.13.